The van der Waals surface area contributed by atoms with Crippen molar-refractivity contribution in [3.8, 4) is 5.75 Å². The van der Waals surface area contributed by atoms with Gasteiger partial charge in [0.25, 0.3) is 0 Å². The Hall–Kier alpha value is -4.14. The maximum atomic E-state index is 13.0. The van der Waals surface area contributed by atoms with E-state index in [-0.39, 0.29) is 12.4 Å². The summed E-state index contributed by atoms with van der Waals surface area (Å²) in [4.78, 5) is 32.3. The monoisotopic (exact) mass is 476 g/mol. The van der Waals surface area contributed by atoms with Gasteiger partial charge in [-0.2, -0.15) is 5.01 Å². The highest BCUT2D eigenvalue weighted by molar-refractivity contribution is 6.41. The number of allylic oxidation sites excluding steroid dienone is 1. The van der Waals surface area contributed by atoms with Crippen LogP contribution in [0.4, 0.5) is 5.69 Å². The van der Waals surface area contributed by atoms with Crippen molar-refractivity contribution in [2.45, 2.75) is 33.7 Å². The summed E-state index contributed by atoms with van der Waals surface area (Å²) >= 11 is 0. The zero-order valence-corrected chi connectivity index (χ0v) is 20.4. The molecule has 2 heterocycles. The van der Waals surface area contributed by atoms with Gasteiger partial charge >= 0.3 is 11.9 Å². The second kappa shape index (κ2) is 10.0. The molecular formula is C26H28N4O5. The summed E-state index contributed by atoms with van der Waals surface area (Å²) in [6, 6.07) is 14.4. The van der Waals surface area contributed by atoms with E-state index < -0.39 is 18.0 Å². The molecule has 2 aliphatic rings. The van der Waals surface area contributed by atoms with E-state index in [1.807, 2.05) is 62.4 Å². The van der Waals surface area contributed by atoms with Gasteiger partial charge in [-0.25, -0.2) is 14.6 Å². The number of rotatable bonds is 7. The van der Waals surface area contributed by atoms with E-state index in [0.717, 1.165) is 11.1 Å². The summed E-state index contributed by atoms with van der Waals surface area (Å²) in [5.74, 6) is -0.0194. The predicted molar refractivity (Wildman–Crippen MR) is 132 cm³/mol. The molecule has 0 spiro atoms. The highest BCUT2D eigenvalue weighted by Gasteiger charge is 2.47. The van der Waals surface area contributed by atoms with Crippen LogP contribution in [0.25, 0.3) is 0 Å². The van der Waals surface area contributed by atoms with Gasteiger partial charge in [0, 0.05) is 0 Å². The molecule has 9 heteroatoms. The molecular weight excluding hydrogens is 448 g/mol. The standard InChI is InChI=1S/C26H28N4O5/c1-6-34-20-14-12-19(13-15-20)30-26-27-17(4)21(24(31)33-5)22(18-10-8-16(3)9-11-18)29(26)23(28-30)25(32)35-7-2/h8-15,22H,6-7H2,1-5H3/t22-/m0/s1. The van der Waals surface area contributed by atoms with E-state index in [1.54, 1.807) is 23.8 Å². The number of guanidine groups is 1. The van der Waals surface area contributed by atoms with Gasteiger partial charge in [0.15, 0.2) is 0 Å². The van der Waals surface area contributed by atoms with Crippen molar-refractivity contribution in [3.63, 3.8) is 0 Å². The zero-order valence-electron chi connectivity index (χ0n) is 20.4. The number of benzene rings is 2. The number of aryl methyl sites for hydroxylation is 1. The second-order valence-corrected chi connectivity index (χ2v) is 7.97. The number of ether oxygens (including phenoxy) is 3. The molecule has 0 saturated carbocycles. The molecule has 2 aromatic carbocycles. The van der Waals surface area contributed by atoms with Crippen molar-refractivity contribution in [1.29, 1.82) is 0 Å². The summed E-state index contributed by atoms with van der Waals surface area (Å²) in [6.45, 7) is 8.09. The molecule has 0 radical (unpaired) electrons. The van der Waals surface area contributed by atoms with Crippen LogP contribution in [0.2, 0.25) is 0 Å². The first-order valence-corrected chi connectivity index (χ1v) is 11.4. The van der Waals surface area contributed by atoms with Crippen molar-refractivity contribution >= 4 is 29.4 Å². The molecule has 35 heavy (non-hydrogen) atoms. The molecule has 1 atom stereocenters. The molecule has 0 aromatic heterocycles. The van der Waals surface area contributed by atoms with Gasteiger partial charge in [0.1, 0.15) is 5.75 Å². The third-order valence-electron chi connectivity index (χ3n) is 5.67. The Bertz CT molecular complexity index is 1220. The average molecular weight is 477 g/mol. The van der Waals surface area contributed by atoms with Crippen molar-refractivity contribution in [2.75, 3.05) is 25.3 Å². The minimum absolute atomic E-state index is 0.0268. The number of hydrogen-bond acceptors (Lipinski definition) is 9. The number of carbonyl (C=O) groups is 2. The highest BCUT2D eigenvalue weighted by Crippen LogP contribution is 2.40. The number of esters is 2. The Morgan fingerprint density at radius 1 is 0.943 bits per heavy atom. The fourth-order valence-corrected chi connectivity index (χ4v) is 4.05. The number of aliphatic imine (C=N–C) groups is 1. The first-order chi connectivity index (χ1) is 16.9. The van der Waals surface area contributed by atoms with Gasteiger partial charge in [-0.3, -0.25) is 4.90 Å². The van der Waals surface area contributed by atoms with Crippen LogP contribution in [0.5, 0.6) is 5.75 Å². The molecule has 9 nitrogen and oxygen atoms in total. The molecule has 182 valence electrons. The van der Waals surface area contributed by atoms with Gasteiger partial charge in [0.2, 0.25) is 11.8 Å². The Labute approximate surface area is 204 Å². The third kappa shape index (κ3) is 4.49. The Kier molecular flexibility index (Phi) is 6.86. The van der Waals surface area contributed by atoms with Crippen LogP contribution in [0.3, 0.4) is 0 Å². The predicted octanol–water partition coefficient (Wildman–Crippen LogP) is 3.95. The van der Waals surface area contributed by atoms with Crippen molar-refractivity contribution < 1.29 is 23.8 Å². The van der Waals surface area contributed by atoms with E-state index in [9.17, 15) is 9.59 Å². The maximum absolute atomic E-state index is 13.0. The van der Waals surface area contributed by atoms with Crippen LogP contribution in [0.1, 0.15) is 37.9 Å². The molecule has 0 unspecified atom stereocenters. The molecule has 4 rings (SSSR count). The lowest BCUT2D eigenvalue weighted by Crippen LogP contribution is -2.47. The second-order valence-electron chi connectivity index (χ2n) is 7.97. The molecule has 2 aromatic rings. The van der Waals surface area contributed by atoms with Gasteiger partial charge in [-0.1, -0.05) is 29.8 Å². The van der Waals surface area contributed by atoms with Crippen LogP contribution < -0.4 is 9.75 Å². The molecule has 0 saturated heterocycles. The van der Waals surface area contributed by atoms with Gasteiger partial charge in [0.05, 0.1) is 43.3 Å². The van der Waals surface area contributed by atoms with Crippen molar-refractivity contribution in [3.05, 3.63) is 70.9 Å². The average Bonchev–Trinajstić information content (AvgIpc) is 3.23. The fraction of sp³-hybridized carbons (Fsp3) is 0.308. The summed E-state index contributed by atoms with van der Waals surface area (Å²) < 4.78 is 16.0. The van der Waals surface area contributed by atoms with E-state index >= 15 is 0 Å². The largest absolute Gasteiger partial charge is 0.494 e. The van der Waals surface area contributed by atoms with Crippen LogP contribution >= 0.6 is 0 Å². The van der Waals surface area contributed by atoms with Gasteiger partial charge in [-0.05, 0) is 57.5 Å². The molecule has 0 aliphatic carbocycles. The van der Waals surface area contributed by atoms with Gasteiger partial charge in [-0.15, -0.1) is 5.10 Å². The minimum atomic E-state index is -0.689. The molecule has 0 fully saturated rings. The first kappa shape index (κ1) is 24.0. The highest BCUT2D eigenvalue weighted by atomic mass is 16.5. The lowest BCUT2D eigenvalue weighted by atomic mass is 9.93. The number of nitrogens with zero attached hydrogens (tertiary/aromatic N) is 4. The van der Waals surface area contributed by atoms with Crippen LogP contribution in [-0.4, -0.2) is 49.0 Å². The lowest BCUT2D eigenvalue weighted by molar-refractivity contribution is -0.138. The normalized spacial score (nSPS) is 17.0. The van der Waals surface area contributed by atoms with Crippen LogP contribution in [-0.2, 0) is 19.1 Å². The van der Waals surface area contributed by atoms with E-state index in [0.29, 0.717) is 35.3 Å². The number of amidine groups is 1. The quantitative estimate of drug-likeness (QED) is 0.559. The maximum Gasteiger partial charge on any atom is 0.376 e. The number of carbonyl (C=O) groups excluding carboxylic acids is 2. The number of hydrogen-bond donors (Lipinski definition) is 0. The topological polar surface area (TPSA) is 93.0 Å². The fourth-order valence-electron chi connectivity index (χ4n) is 4.05. The van der Waals surface area contributed by atoms with E-state index in [2.05, 4.69) is 5.10 Å². The molecule has 2 aliphatic heterocycles. The molecule has 0 bridgehead atoms. The zero-order chi connectivity index (χ0) is 25.1. The Balaban J connectivity index is 1.89. The number of anilines is 1. The number of hydrazone groups is 1. The third-order valence-corrected chi connectivity index (χ3v) is 5.67. The van der Waals surface area contributed by atoms with Crippen LogP contribution in [0.15, 0.2) is 69.9 Å². The molecule has 0 amide bonds. The first-order valence-electron chi connectivity index (χ1n) is 11.4. The molecule has 0 N–H and O–H groups in total. The summed E-state index contributed by atoms with van der Waals surface area (Å²) in [5.41, 5.74) is 3.33. The Morgan fingerprint density at radius 3 is 2.23 bits per heavy atom. The Morgan fingerprint density at radius 2 is 1.63 bits per heavy atom. The van der Waals surface area contributed by atoms with Crippen molar-refractivity contribution in [1.82, 2.24) is 4.90 Å². The minimum Gasteiger partial charge on any atom is -0.494 e. The van der Waals surface area contributed by atoms with Crippen molar-refractivity contribution in [2.24, 2.45) is 10.1 Å². The summed E-state index contributed by atoms with van der Waals surface area (Å²) in [6.07, 6.45) is 0. The summed E-state index contributed by atoms with van der Waals surface area (Å²) in [5, 5.41) is 6.17. The van der Waals surface area contributed by atoms with E-state index in [1.165, 1.54) is 7.11 Å². The lowest BCUT2D eigenvalue weighted by Gasteiger charge is -2.35. The van der Waals surface area contributed by atoms with E-state index in [4.69, 9.17) is 19.2 Å². The smallest absolute Gasteiger partial charge is 0.376 e. The van der Waals surface area contributed by atoms with Crippen LogP contribution in [0, 0.1) is 6.92 Å². The van der Waals surface area contributed by atoms with Gasteiger partial charge < -0.3 is 14.2 Å². The SMILES string of the molecule is CCOC(=O)C1=NN(c2ccc(OCC)cc2)C2=NC(C)=C(C(=O)OC)[C@H](c3ccc(C)cc3)N12. The summed E-state index contributed by atoms with van der Waals surface area (Å²) in [7, 11) is 1.32. The number of methoxy groups -OCH3 is 1. The number of fused-ring (bicyclic) bond motifs is 1.